The van der Waals surface area contributed by atoms with Crippen molar-refractivity contribution in [3.63, 3.8) is 0 Å². The van der Waals surface area contributed by atoms with Gasteiger partial charge in [-0.05, 0) is 25.0 Å². The molecular weight excluding hydrogens is 393 g/mol. The van der Waals surface area contributed by atoms with Crippen molar-refractivity contribution < 1.29 is 9.18 Å². The van der Waals surface area contributed by atoms with Crippen molar-refractivity contribution in [2.24, 2.45) is 0 Å². The summed E-state index contributed by atoms with van der Waals surface area (Å²) in [5.74, 6) is -0.155. The van der Waals surface area contributed by atoms with Crippen LogP contribution in [-0.2, 0) is 4.79 Å². The topological polar surface area (TPSA) is 72.3 Å². The molecule has 29 heavy (non-hydrogen) atoms. The largest absolute Gasteiger partial charge is 0.382 e. The first-order chi connectivity index (χ1) is 14.0. The van der Waals surface area contributed by atoms with E-state index in [1.165, 1.54) is 4.90 Å². The molecule has 1 aromatic carbocycles. The summed E-state index contributed by atoms with van der Waals surface area (Å²) in [7, 11) is 0. The van der Waals surface area contributed by atoms with Crippen LogP contribution in [0.3, 0.4) is 0 Å². The quantitative estimate of drug-likeness (QED) is 0.830. The number of hydrogen-bond donors (Lipinski definition) is 1. The smallest absolute Gasteiger partial charge is 0.237 e. The molecule has 0 aliphatic carbocycles. The number of nitrogens with one attached hydrogen (secondary N) is 1. The Morgan fingerprint density at radius 2 is 2.14 bits per heavy atom. The van der Waals surface area contributed by atoms with Gasteiger partial charge in [-0.25, -0.2) is 4.39 Å². The Balaban J connectivity index is 1.33. The second-order valence-electron chi connectivity index (χ2n) is 7.71. The number of benzene rings is 1. The van der Waals surface area contributed by atoms with Crippen LogP contribution in [0, 0.1) is 11.3 Å². The number of carbonyl (C=O) groups excluding carboxylic acids is 1. The maximum atomic E-state index is 13.6. The number of nitrogens with zero attached hydrogens (tertiary/aromatic N) is 4. The molecule has 2 fully saturated rings. The molecule has 6 nitrogen and oxygen atoms in total. The molecule has 1 N–H and O–H groups in total. The van der Waals surface area contributed by atoms with Gasteiger partial charge < -0.3 is 10.2 Å². The van der Waals surface area contributed by atoms with Crippen molar-refractivity contribution in [3.8, 4) is 6.07 Å². The van der Waals surface area contributed by atoms with Gasteiger partial charge in [0.05, 0.1) is 29.7 Å². The fourth-order valence-corrected chi connectivity index (χ4v) is 4.41. The van der Waals surface area contributed by atoms with Gasteiger partial charge in [-0.2, -0.15) is 5.26 Å². The summed E-state index contributed by atoms with van der Waals surface area (Å²) in [5, 5.41) is 14.3. The molecule has 2 aliphatic rings. The molecule has 2 aliphatic heterocycles. The number of pyridine rings is 1. The van der Waals surface area contributed by atoms with Crippen molar-refractivity contribution in [1.29, 1.82) is 5.26 Å². The molecule has 0 spiro atoms. The van der Waals surface area contributed by atoms with E-state index in [9.17, 15) is 9.18 Å². The predicted octanol–water partition coefficient (Wildman–Crippen LogP) is 3.23. The van der Waals surface area contributed by atoms with Crippen LogP contribution in [0.2, 0.25) is 5.02 Å². The van der Waals surface area contributed by atoms with Crippen LogP contribution in [0.1, 0.15) is 19.3 Å². The number of amides is 1. The van der Waals surface area contributed by atoms with Crippen molar-refractivity contribution in [2.75, 3.05) is 31.5 Å². The van der Waals surface area contributed by atoms with Gasteiger partial charge >= 0.3 is 0 Å². The van der Waals surface area contributed by atoms with Crippen molar-refractivity contribution in [3.05, 3.63) is 35.5 Å². The molecule has 8 heteroatoms. The third-order valence-electron chi connectivity index (χ3n) is 5.75. The van der Waals surface area contributed by atoms with Gasteiger partial charge in [0.25, 0.3) is 0 Å². The number of likely N-dealkylation sites (tertiary alicyclic amines) is 2. The minimum Gasteiger partial charge on any atom is -0.382 e. The number of hydrogen-bond acceptors (Lipinski definition) is 5. The van der Waals surface area contributed by atoms with Gasteiger partial charge in [-0.3, -0.25) is 14.7 Å². The molecular formula is C21H23ClFN5O. The summed E-state index contributed by atoms with van der Waals surface area (Å²) in [6.45, 7) is 1.83. The summed E-state index contributed by atoms with van der Waals surface area (Å²) in [4.78, 5) is 20.4. The van der Waals surface area contributed by atoms with Crippen LogP contribution in [0.5, 0.6) is 0 Å². The van der Waals surface area contributed by atoms with Crippen LogP contribution < -0.4 is 5.32 Å². The molecule has 0 radical (unpaired) electrons. The van der Waals surface area contributed by atoms with E-state index in [0.29, 0.717) is 11.1 Å². The van der Waals surface area contributed by atoms with Crippen molar-refractivity contribution in [1.82, 2.24) is 14.8 Å². The first-order valence-corrected chi connectivity index (χ1v) is 10.3. The Morgan fingerprint density at radius 3 is 2.90 bits per heavy atom. The van der Waals surface area contributed by atoms with E-state index in [0.717, 1.165) is 42.5 Å². The number of fused-ring (bicyclic) bond motifs is 1. The molecule has 0 bridgehead atoms. The van der Waals surface area contributed by atoms with Gasteiger partial charge in [0.15, 0.2) is 0 Å². The predicted molar refractivity (Wildman–Crippen MR) is 110 cm³/mol. The van der Waals surface area contributed by atoms with Crippen LogP contribution in [0.15, 0.2) is 30.5 Å². The molecule has 2 atom stereocenters. The van der Waals surface area contributed by atoms with Gasteiger partial charge in [0, 0.05) is 42.8 Å². The SMILES string of the molecule is N#C[C@@H]1C[C@H](F)CN1C(=O)CN1CCC(Nc2ccnc3c(Cl)cccc23)CC1. The summed E-state index contributed by atoms with van der Waals surface area (Å²) < 4.78 is 13.6. The number of carbonyl (C=O) groups is 1. The lowest BCUT2D eigenvalue weighted by molar-refractivity contribution is -0.132. The lowest BCUT2D eigenvalue weighted by Gasteiger charge is -2.33. The highest BCUT2D eigenvalue weighted by atomic mass is 35.5. The van der Waals surface area contributed by atoms with Crippen molar-refractivity contribution in [2.45, 2.75) is 37.5 Å². The molecule has 2 aromatic rings. The third kappa shape index (κ3) is 4.29. The Labute approximate surface area is 174 Å². The zero-order chi connectivity index (χ0) is 20.4. The van der Waals surface area contributed by atoms with E-state index in [-0.39, 0.29) is 25.4 Å². The normalized spacial score (nSPS) is 23.3. The summed E-state index contributed by atoms with van der Waals surface area (Å²) in [5.41, 5.74) is 1.79. The van der Waals surface area contributed by atoms with Crippen molar-refractivity contribution >= 4 is 34.1 Å². The maximum Gasteiger partial charge on any atom is 0.237 e. The highest BCUT2D eigenvalue weighted by molar-refractivity contribution is 6.35. The number of alkyl halides is 1. The van der Waals surface area contributed by atoms with Crippen LogP contribution >= 0.6 is 11.6 Å². The molecule has 1 amide bonds. The minimum atomic E-state index is -1.10. The van der Waals surface area contributed by atoms with E-state index in [4.69, 9.17) is 16.9 Å². The first kappa shape index (κ1) is 19.9. The highest BCUT2D eigenvalue weighted by Crippen LogP contribution is 2.28. The van der Waals surface area contributed by atoms with Crippen LogP contribution in [0.25, 0.3) is 10.9 Å². The van der Waals surface area contributed by atoms with Crippen LogP contribution in [0.4, 0.5) is 10.1 Å². The van der Waals surface area contributed by atoms with E-state index in [2.05, 4.69) is 15.2 Å². The number of piperidine rings is 1. The van der Waals surface area contributed by atoms with E-state index >= 15 is 0 Å². The lowest BCUT2D eigenvalue weighted by atomic mass is 10.0. The fraction of sp³-hybridized carbons (Fsp3) is 0.476. The molecule has 4 rings (SSSR count). The Hall–Kier alpha value is -2.43. The van der Waals surface area contributed by atoms with Gasteiger partial charge in [0.1, 0.15) is 12.2 Å². The molecule has 2 saturated heterocycles. The second kappa shape index (κ2) is 8.52. The maximum absolute atomic E-state index is 13.6. The molecule has 0 unspecified atom stereocenters. The molecule has 152 valence electrons. The Kier molecular flexibility index (Phi) is 5.84. The molecule has 1 aromatic heterocycles. The van der Waals surface area contributed by atoms with E-state index in [1.807, 2.05) is 30.3 Å². The van der Waals surface area contributed by atoms with Crippen LogP contribution in [-0.4, -0.2) is 65.1 Å². The monoisotopic (exact) mass is 415 g/mol. The average Bonchev–Trinajstić information content (AvgIpc) is 3.11. The lowest BCUT2D eigenvalue weighted by Crippen LogP contribution is -2.46. The summed E-state index contributed by atoms with van der Waals surface area (Å²) in [6, 6.07) is 9.40. The Bertz CT molecular complexity index is 940. The molecule has 0 saturated carbocycles. The minimum absolute atomic E-state index is 0.0345. The summed E-state index contributed by atoms with van der Waals surface area (Å²) >= 11 is 6.25. The first-order valence-electron chi connectivity index (χ1n) is 9.90. The van der Waals surface area contributed by atoms with Gasteiger partial charge in [0.2, 0.25) is 5.91 Å². The number of rotatable bonds is 4. The standard InChI is InChI=1S/C21H23ClFN5O/c22-18-3-1-2-17-19(4-7-25-21(17)18)26-15-5-8-27(9-6-15)13-20(29)28-12-14(23)10-16(28)11-24/h1-4,7,14-16H,5-6,8-10,12-13H2,(H,25,26)/t14-,16-/m0/s1. The number of aromatic nitrogens is 1. The second-order valence-corrected chi connectivity index (χ2v) is 8.12. The number of halogens is 2. The van der Waals surface area contributed by atoms with Gasteiger partial charge in [-0.1, -0.05) is 23.7 Å². The number of nitriles is 1. The molecule has 3 heterocycles. The summed E-state index contributed by atoms with van der Waals surface area (Å²) in [6.07, 6.45) is 2.57. The van der Waals surface area contributed by atoms with Gasteiger partial charge in [-0.15, -0.1) is 0 Å². The van der Waals surface area contributed by atoms with E-state index < -0.39 is 12.2 Å². The van der Waals surface area contributed by atoms with E-state index in [1.54, 1.807) is 6.20 Å². The average molecular weight is 416 g/mol. The fourth-order valence-electron chi connectivity index (χ4n) is 4.19. The third-order valence-corrected chi connectivity index (χ3v) is 6.05. The zero-order valence-corrected chi connectivity index (χ0v) is 16.8. The number of anilines is 1. The number of para-hydroxylation sites is 1. The Morgan fingerprint density at radius 1 is 1.34 bits per heavy atom. The highest BCUT2D eigenvalue weighted by Gasteiger charge is 2.36. The zero-order valence-electron chi connectivity index (χ0n) is 16.0.